The van der Waals surface area contributed by atoms with Gasteiger partial charge in [-0.2, -0.15) is 0 Å². The van der Waals surface area contributed by atoms with Crippen molar-refractivity contribution in [3.05, 3.63) is 103 Å². The summed E-state index contributed by atoms with van der Waals surface area (Å²) in [4.78, 5) is 25.7. The van der Waals surface area contributed by atoms with E-state index in [0.29, 0.717) is 16.3 Å². The van der Waals surface area contributed by atoms with Crippen LogP contribution in [0.15, 0.2) is 70.3 Å². The third-order valence-corrected chi connectivity index (χ3v) is 5.78. The van der Waals surface area contributed by atoms with Gasteiger partial charge < -0.3 is 4.74 Å². The van der Waals surface area contributed by atoms with Crippen LogP contribution >= 0.6 is 11.6 Å². The van der Waals surface area contributed by atoms with Crippen LogP contribution in [0.25, 0.3) is 10.8 Å². The molecular weight excluding hydrogens is 388 g/mol. The van der Waals surface area contributed by atoms with E-state index in [4.69, 9.17) is 16.3 Å². The summed E-state index contributed by atoms with van der Waals surface area (Å²) >= 11 is 6.29. The summed E-state index contributed by atoms with van der Waals surface area (Å²) in [5.41, 5.74) is 1.40. The molecule has 6 heteroatoms. The Morgan fingerprint density at radius 3 is 2.48 bits per heavy atom. The van der Waals surface area contributed by atoms with Crippen LogP contribution < -0.4 is 16.0 Å². The highest BCUT2D eigenvalue weighted by atomic mass is 35.5. The Labute approximate surface area is 171 Å². The van der Waals surface area contributed by atoms with E-state index in [-0.39, 0.29) is 11.4 Å². The Balaban J connectivity index is 1.96. The number of fused-ring (bicyclic) bond motifs is 4. The number of aromatic nitrogens is 2. The molecule has 1 aliphatic heterocycles. The van der Waals surface area contributed by atoms with E-state index in [2.05, 4.69) is 0 Å². The Kier molecular flexibility index (Phi) is 3.89. The molecule has 0 saturated heterocycles. The highest BCUT2D eigenvalue weighted by Gasteiger charge is 2.35. The molecule has 144 valence electrons. The number of benzene rings is 3. The molecule has 0 N–H and O–H groups in total. The highest BCUT2D eigenvalue weighted by molar-refractivity contribution is 6.30. The lowest BCUT2D eigenvalue weighted by molar-refractivity contribution is 0.396. The maximum absolute atomic E-state index is 13.2. The quantitative estimate of drug-likeness (QED) is 0.421. The normalized spacial score (nSPS) is 14.9. The lowest BCUT2D eigenvalue weighted by Gasteiger charge is -2.30. The van der Waals surface area contributed by atoms with E-state index in [1.165, 1.54) is 11.6 Å². The van der Waals surface area contributed by atoms with Crippen molar-refractivity contribution in [3.63, 3.8) is 0 Å². The summed E-state index contributed by atoms with van der Waals surface area (Å²) in [6, 6.07) is 19.3. The lowest BCUT2D eigenvalue weighted by Crippen LogP contribution is -2.41. The van der Waals surface area contributed by atoms with Gasteiger partial charge in [-0.1, -0.05) is 54.1 Å². The molecule has 0 bridgehead atoms. The van der Waals surface area contributed by atoms with Crippen molar-refractivity contribution in [2.24, 2.45) is 14.1 Å². The monoisotopic (exact) mass is 404 g/mol. The first-order chi connectivity index (χ1) is 14.0. The van der Waals surface area contributed by atoms with Crippen molar-refractivity contribution in [1.29, 1.82) is 0 Å². The van der Waals surface area contributed by atoms with Crippen LogP contribution in [0.2, 0.25) is 5.02 Å². The lowest BCUT2D eigenvalue weighted by atomic mass is 9.81. The molecule has 0 saturated carbocycles. The SMILES string of the molecule is Cn1c2c(c(=O)n(C)c1=O)C(c1cccc(Cl)c1)c1c(ccc3ccccc13)O2. The van der Waals surface area contributed by atoms with E-state index in [1.54, 1.807) is 13.1 Å². The minimum Gasteiger partial charge on any atom is -0.440 e. The molecule has 0 radical (unpaired) electrons. The Bertz CT molecular complexity index is 1420. The highest BCUT2D eigenvalue weighted by Crippen LogP contribution is 2.48. The van der Waals surface area contributed by atoms with Crippen molar-refractivity contribution in [3.8, 4) is 11.6 Å². The van der Waals surface area contributed by atoms with Gasteiger partial charge in [-0.15, -0.1) is 0 Å². The fraction of sp³-hybridized carbons (Fsp3) is 0.130. The summed E-state index contributed by atoms with van der Waals surface area (Å²) in [7, 11) is 3.10. The van der Waals surface area contributed by atoms with Crippen LogP contribution in [0.5, 0.6) is 11.6 Å². The number of halogens is 1. The molecule has 5 rings (SSSR count). The zero-order valence-electron chi connectivity index (χ0n) is 15.8. The van der Waals surface area contributed by atoms with Gasteiger partial charge in [0.25, 0.3) is 5.56 Å². The Hall–Kier alpha value is -3.31. The average Bonchev–Trinajstić information content (AvgIpc) is 2.74. The fourth-order valence-corrected chi connectivity index (χ4v) is 4.35. The summed E-state index contributed by atoms with van der Waals surface area (Å²) in [5, 5.41) is 2.63. The van der Waals surface area contributed by atoms with E-state index >= 15 is 0 Å². The summed E-state index contributed by atoms with van der Waals surface area (Å²) < 4.78 is 8.63. The van der Waals surface area contributed by atoms with Crippen LogP contribution in [0, 0.1) is 0 Å². The number of nitrogens with zero attached hydrogens (tertiary/aromatic N) is 2. The molecule has 0 amide bonds. The summed E-state index contributed by atoms with van der Waals surface area (Å²) in [6.45, 7) is 0. The predicted molar refractivity (Wildman–Crippen MR) is 113 cm³/mol. The molecule has 1 aliphatic rings. The molecule has 1 aromatic heterocycles. The fourth-order valence-electron chi connectivity index (χ4n) is 4.15. The molecular formula is C23H17ClN2O3. The first-order valence-electron chi connectivity index (χ1n) is 9.22. The first-order valence-corrected chi connectivity index (χ1v) is 9.60. The first kappa shape index (κ1) is 17.8. The number of hydrogen-bond donors (Lipinski definition) is 0. The molecule has 3 aromatic carbocycles. The standard InChI is InChI=1S/C23H17ClN2O3/c1-25-21(27)20-18(14-7-5-8-15(24)12-14)19-16-9-4-3-6-13(16)10-11-17(19)29-22(20)26(2)23(25)28/h3-12,18H,1-2H3. The van der Waals surface area contributed by atoms with Gasteiger partial charge >= 0.3 is 5.69 Å². The number of ether oxygens (including phenoxy) is 1. The zero-order valence-corrected chi connectivity index (χ0v) is 16.6. The molecule has 0 aliphatic carbocycles. The van der Waals surface area contributed by atoms with E-state index in [9.17, 15) is 9.59 Å². The van der Waals surface area contributed by atoms with Gasteiger partial charge in [0.05, 0.1) is 5.56 Å². The third kappa shape index (κ3) is 2.54. The van der Waals surface area contributed by atoms with Crippen LogP contribution in [0.3, 0.4) is 0 Å². The van der Waals surface area contributed by atoms with Crippen molar-refractivity contribution in [1.82, 2.24) is 9.13 Å². The van der Waals surface area contributed by atoms with Crippen molar-refractivity contribution in [2.75, 3.05) is 0 Å². The van der Waals surface area contributed by atoms with Crippen molar-refractivity contribution >= 4 is 22.4 Å². The Morgan fingerprint density at radius 1 is 0.897 bits per heavy atom. The largest absolute Gasteiger partial charge is 0.440 e. The molecule has 4 aromatic rings. The van der Waals surface area contributed by atoms with Gasteiger partial charge in [0, 0.05) is 30.6 Å². The molecule has 0 fully saturated rings. The summed E-state index contributed by atoms with van der Waals surface area (Å²) in [5.74, 6) is 0.485. The molecule has 1 unspecified atom stereocenters. The van der Waals surface area contributed by atoms with Crippen molar-refractivity contribution in [2.45, 2.75) is 5.92 Å². The van der Waals surface area contributed by atoms with Crippen LogP contribution in [0.4, 0.5) is 0 Å². The Morgan fingerprint density at radius 2 is 1.69 bits per heavy atom. The number of rotatable bonds is 1. The number of hydrogen-bond acceptors (Lipinski definition) is 3. The van der Waals surface area contributed by atoms with Crippen LogP contribution in [-0.2, 0) is 14.1 Å². The second-order valence-corrected chi connectivity index (χ2v) is 7.65. The van der Waals surface area contributed by atoms with E-state index < -0.39 is 11.6 Å². The van der Waals surface area contributed by atoms with Gasteiger partial charge in [-0.05, 0) is 34.5 Å². The smallest absolute Gasteiger partial charge is 0.333 e. The molecule has 2 heterocycles. The minimum absolute atomic E-state index is 0.269. The molecule has 29 heavy (non-hydrogen) atoms. The maximum Gasteiger partial charge on any atom is 0.333 e. The minimum atomic E-state index is -0.428. The van der Waals surface area contributed by atoms with Gasteiger partial charge in [0.15, 0.2) is 0 Å². The predicted octanol–water partition coefficient (Wildman–Crippen LogP) is 4.18. The second-order valence-electron chi connectivity index (χ2n) is 7.21. The van der Waals surface area contributed by atoms with Gasteiger partial charge in [0.2, 0.25) is 5.88 Å². The van der Waals surface area contributed by atoms with E-state index in [0.717, 1.165) is 26.5 Å². The van der Waals surface area contributed by atoms with Crippen LogP contribution in [-0.4, -0.2) is 9.13 Å². The van der Waals surface area contributed by atoms with Gasteiger partial charge in [-0.3, -0.25) is 13.9 Å². The molecule has 5 nitrogen and oxygen atoms in total. The zero-order chi connectivity index (χ0) is 20.3. The average molecular weight is 405 g/mol. The maximum atomic E-state index is 13.2. The molecule has 0 spiro atoms. The second kappa shape index (κ2) is 6.36. The third-order valence-electron chi connectivity index (χ3n) is 5.54. The molecule has 1 atom stereocenters. The van der Waals surface area contributed by atoms with Crippen molar-refractivity contribution < 1.29 is 4.74 Å². The van der Waals surface area contributed by atoms with Gasteiger partial charge in [-0.25, -0.2) is 4.79 Å². The van der Waals surface area contributed by atoms with Crippen LogP contribution in [0.1, 0.15) is 22.6 Å². The van der Waals surface area contributed by atoms with E-state index in [1.807, 2.05) is 54.6 Å². The summed E-state index contributed by atoms with van der Waals surface area (Å²) in [6.07, 6.45) is 0. The van der Waals surface area contributed by atoms with Gasteiger partial charge in [0.1, 0.15) is 5.75 Å². The topological polar surface area (TPSA) is 53.2 Å².